The fourth-order valence-corrected chi connectivity index (χ4v) is 4.28. The van der Waals surface area contributed by atoms with Gasteiger partial charge < -0.3 is 5.73 Å². The van der Waals surface area contributed by atoms with E-state index in [1.165, 1.54) is 16.5 Å². The Hall–Kier alpha value is -2.25. The van der Waals surface area contributed by atoms with E-state index in [0.717, 1.165) is 19.4 Å². The van der Waals surface area contributed by atoms with Crippen LogP contribution in [0.3, 0.4) is 0 Å². The van der Waals surface area contributed by atoms with Gasteiger partial charge in [0.1, 0.15) is 0 Å². The molecule has 1 atom stereocenters. The molecule has 0 spiro atoms. The van der Waals surface area contributed by atoms with Crippen LogP contribution in [0.25, 0.3) is 0 Å². The number of hydrogen-bond acceptors (Lipinski definition) is 5. The molecule has 1 aromatic heterocycles. The molecule has 1 amide bonds. The highest BCUT2D eigenvalue weighted by atomic mass is 32.1. The summed E-state index contributed by atoms with van der Waals surface area (Å²) in [5.74, 6) is -0.656. The summed E-state index contributed by atoms with van der Waals surface area (Å²) in [5.41, 5.74) is 7.30. The molecular weight excluding hydrogens is 326 g/mol. The van der Waals surface area contributed by atoms with Crippen molar-refractivity contribution in [3.05, 3.63) is 61.3 Å². The van der Waals surface area contributed by atoms with Gasteiger partial charge in [0.15, 0.2) is 0 Å². The molecule has 0 saturated heterocycles. The van der Waals surface area contributed by atoms with Crippen LogP contribution in [-0.2, 0) is 13.0 Å². The van der Waals surface area contributed by atoms with Crippen LogP contribution < -0.4 is 5.73 Å². The van der Waals surface area contributed by atoms with Gasteiger partial charge in [-0.1, -0.05) is 13.0 Å². The van der Waals surface area contributed by atoms with Gasteiger partial charge >= 0.3 is 0 Å². The van der Waals surface area contributed by atoms with Crippen LogP contribution in [-0.4, -0.2) is 22.3 Å². The molecule has 0 unspecified atom stereocenters. The van der Waals surface area contributed by atoms with E-state index in [4.69, 9.17) is 5.73 Å². The number of nitrogens with two attached hydrogens (primary N) is 1. The van der Waals surface area contributed by atoms with Crippen molar-refractivity contribution in [2.24, 2.45) is 5.73 Å². The summed E-state index contributed by atoms with van der Waals surface area (Å²) in [6.45, 7) is 3.50. The lowest BCUT2D eigenvalue weighted by atomic mass is 9.96. The van der Waals surface area contributed by atoms with Gasteiger partial charge in [-0.05, 0) is 35.9 Å². The Bertz CT molecular complexity index is 787. The highest BCUT2D eigenvalue weighted by Crippen LogP contribution is 2.36. The fourth-order valence-electron chi connectivity index (χ4n) is 3.36. The van der Waals surface area contributed by atoms with Crippen LogP contribution in [0.5, 0.6) is 0 Å². The van der Waals surface area contributed by atoms with Crippen molar-refractivity contribution < 1.29 is 9.72 Å². The van der Waals surface area contributed by atoms with Gasteiger partial charge in [0, 0.05) is 41.2 Å². The van der Waals surface area contributed by atoms with Gasteiger partial charge in [-0.25, -0.2) is 0 Å². The van der Waals surface area contributed by atoms with Crippen LogP contribution in [0.2, 0.25) is 0 Å². The number of hydrogen-bond donors (Lipinski definition) is 1. The van der Waals surface area contributed by atoms with Gasteiger partial charge in [0.25, 0.3) is 5.69 Å². The molecule has 1 aliphatic rings. The maximum Gasteiger partial charge on any atom is 0.274 e. The van der Waals surface area contributed by atoms with Crippen LogP contribution in [0.15, 0.2) is 29.6 Å². The maximum atomic E-state index is 11.4. The Kier molecular flexibility index (Phi) is 4.64. The molecule has 0 fully saturated rings. The van der Waals surface area contributed by atoms with E-state index in [9.17, 15) is 14.9 Å². The van der Waals surface area contributed by atoms with Gasteiger partial charge in [0.2, 0.25) is 5.91 Å². The summed E-state index contributed by atoms with van der Waals surface area (Å²) in [6.07, 6.45) is 1.92. The van der Waals surface area contributed by atoms with Crippen molar-refractivity contribution >= 4 is 22.9 Å². The summed E-state index contributed by atoms with van der Waals surface area (Å²) in [5, 5.41) is 13.5. The van der Waals surface area contributed by atoms with Crippen LogP contribution in [0.4, 0.5) is 5.69 Å². The maximum absolute atomic E-state index is 11.4. The Morgan fingerprint density at radius 2 is 2.25 bits per heavy atom. The first-order valence-corrected chi connectivity index (χ1v) is 8.76. The Morgan fingerprint density at radius 1 is 1.46 bits per heavy atom. The third-order valence-corrected chi connectivity index (χ3v) is 5.53. The topological polar surface area (TPSA) is 89.5 Å². The highest BCUT2D eigenvalue weighted by Gasteiger charge is 2.28. The molecule has 2 N–H and O–H groups in total. The van der Waals surface area contributed by atoms with Crippen molar-refractivity contribution in [1.82, 2.24) is 4.90 Å². The molecule has 0 aliphatic carbocycles. The summed E-state index contributed by atoms with van der Waals surface area (Å²) in [4.78, 5) is 25.9. The largest absolute Gasteiger partial charge is 0.366 e. The summed E-state index contributed by atoms with van der Waals surface area (Å²) < 4.78 is 0. The van der Waals surface area contributed by atoms with Crippen LogP contribution in [0.1, 0.15) is 45.7 Å². The third-order valence-electron chi connectivity index (χ3n) is 4.53. The van der Waals surface area contributed by atoms with E-state index in [-0.39, 0.29) is 17.3 Å². The average molecular weight is 345 g/mol. The lowest BCUT2D eigenvalue weighted by Gasteiger charge is -2.35. The number of benzene rings is 1. The fraction of sp³-hybridized carbons (Fsp3) is 0.353. The second kappa shape index (κ2) is 6.70. The monoisotopic (exact) mass is 345 g/mol. The average Bonchev–Trinajstić information content (AvgIpc) is 3.03. The molecule has 7 heteroatoms. The van der Waals surface area contributed by atoms with Crippen molar-refractivity contribution in [3.63, 3.8) is 0 Å². The Morgan fingerprint density at radius 3 is 2.92 bits per heavy atom. The summed E-state index contributed by atoms with van der Waals surface area (Å²) in [6, 6.07) is 6.92. The molecule has 1 aliphatic heterocycles. The highest BCUT2D eigenvalue weighted by molar-refractivity contribution is 7.10. The molecule has 24 heavy (non-hydrogen) atoms. The van der Waals surface area contributed by atoms with Gasteiger partial charge in [0.05, 0.1) is 4.92 Å². The second-order valence-corrected chi connectivity index (χ2v) is 6.91. The molecule has 2 heterocycles. The smallest absolute Gasteiger partial charge is 0.274 e. The van der Waals surface area contributed by atoms with E-state index in [2.05, 4.69) is 23.3 Å². The van der Waals surface area contributed by atoms with E-state index in [1.807, 2.05) is 0 Å². The number of rotatable bonds is 5. The zero-order valence-electron chi connectivity index (χ0n) is 13.4. The van der Waals surface area contributed by atoms with E-state index >= 15 is 0 Å². The molecule has 1 aromatic carbocycles. The minimum Gasteiger partial charge on any atom is -0.366 e. The number of primary amides is 1. The molecule has 2 aromatic rings. The standard InChI is InChI=1S/C17H19N3O3S/c1-2-14-13-6-8-24-16(13)5-7-19(14)10-12-4-3-11(17(18)21)9-15(12)20(22)23/h3-4,6,8-9,14H,2,5,7,10H2,1H3,(H2,18,21)/t14-/m0/s1. The predicted octanol–water partition coefficient (Wildman–Crippen LogP) is 3.26. The second-order valence-electron chi connectivity index (χ2n) is 5.91. The minimum absolute atomic E-state index is 0.0442. The molecule has 6 nitrogen and oxygen atoms in total. The SMILES string of the molecule is CC[C@H]1c2ccsc2CCN1Cc1ccc(C(N)=O)cc1[N+](=O)[O-]. The van der Waals surface area contributed by atoms with Crippen LogP contribution in [0, 0.1) is 10.1 Å². The molecular formula is C17H19N3O3S. The number of fused-ring (bicyclic) bond motifs is 1. The van der Waals surface area contributed by atoms with Gasteiger partial charge in [-0.3, -0.25) is 19.8 Å². The minimum atomic E-state index is -0.656. The van der Waals surface area contributed by atoms with E-state index < -0.39 is 10.8 Å². The number of amides is 1. The van der Waals surface area contributed by atoms with Crippen LogP contribution >= 0.6 is 11.3 Å². The number of nitrogens with zero attached hydrogens (tertiary/aromatic N) is 2. The summed E-state index contributed by atoms with van der Waals surface area (Å²) in [7, 11) is 0. The Labute approximate surface area is 144 Å². The molecule has 0 bridgehead atoms. The van der Waals surface area contributed by atoms with Crippen molar-refractivity contribution in [1.29, 1.82) is 0 Å². The molecule has 3 rings (SSSR count). The van der Waals surface area contributed by atoms with E-state index in [0.29, 0.717) is 12.1 Å². The lowest BCUT2D eigenvalue weighted by molar-refractivity contribution is -0.385. The Balaban J connectivity index is 1.91. The molecule has 0 saturated carbocycles. The number of nitro benzene ring substituents is 1. The quantitative estimate of drug-likeness (QED) is 0.665. The number of thiophene rings is 1. The van der Waals surface area contributed by atoms with Crippen molar-refractivity contribution in [2.45, 2.75) is 32.4 Å². The molecule has 0 radical (unpaired) electrons. The molecule has 126 valence electrons. The van der Waals surface area contributed by atoms with Crippen molar-refractivity contribution in [2.75, 3.05) is 6.54 Å². The van der Waals surface area contributed by atoms with Gasteiger partial charge in [-0.2, -0.15) is 0 Å². The first-order valence-electron chi connectivity index (χ1n) is 7.88. The number of nitro groups is 1. The number of carbonyl (C=O) groups excluding carboxylic acids is 1. The third kappa shape index (κ3) is 3.05. The lowest BCUT2D eigenvalue weighted by Crippen LogP contribution is -2.34. The predicted molar refractivity (Wildman–Crippen MR) is 93.1 cm³/mol. The van der Waals surface area contributed by atoms with Gasteiger partial charge in [-0.15, -0.1) is 11.3 Å². The zero-order valence-corrected chi connectivity index (χ0v) is 14.2. The zero-order chi connectivity index (χ0) is 17.3. The van der Waals surface area contributed by atoms with E-state index in [1.54, 1.807) is 23.5 Å². The number of carbonyl (C=O) groups is 1. The summed E-state index contributed by atoms with van der Waals surface area (Å²) >= 11 is 1.78. The first-order chi connectivity index (χ1) is 11.5. The normalized spacial score (nSPS) is 17.5. The van der Waals surface area contributed by atoms with Crippen molar-refractivity contribution in [3.8, 4) is 0 Å². The first kappa shape index (κ1) is 16.6.